The minimum atomic E-state index is -0.196. The van der Waals surface area contributed by atoms with Crippen LogP contribution < -0.4 is 5.43 Å². The van der Waals surface area contributed by atoms with E-state index in [0.717, 1.165) is 16.5 Å². The second kappa shape index (κ2) is 4.78. The summed E-state index contributed by atoms with van der Waals surface area (Å²) in [7, 11) is 0. The number of rotatable bonds is 2. The van der Waals surface area contributed by atoms with Crippen LogP contribution in [-0.4, -0.2) is 5.71 Å². The van der Waals surface area contributed by atoms with Crippen LogP contribution in [0.2, 0.25) is 0 Å². The molecule has 0 fully saturated rings. The van der Waals surface area contributed by atoms with Crippen molar-refractivity contribution in [3.05, 3.63) is 42.5 Å². The minimum Gasteiger partial charge on any atom is -0.276 e. The van der Waals surface area contributed by atoms with Crippen LogP contribution in [0.1, 0.15) is 0 Å². The van der Waals surface area contributed by atoms with Crippen molar-refractivity contribution in [2.24, 2.45) is 5.10 Å². The lowest BCUT2D eigenvalue weighted by atomic mass is 10.1. The van der Waals surface area contributed by atoms with Crippen molar-refractivity contribution in [3.8, 4) is 12.1 Å². The summed E-state index contributed by atoms with van der Waals surface area (Å²) in [5, 5.41) is 22.9. The van der Waals surface area contributed by atoms with Crippen LogP contribution in [0.5, 0.6) is 0 Å². The van der Waals surface area contributed by atoms with Crippen LogP contribution in [0.15, 0.2) is 47.6 Å². The topological polar surface area (TPSA) is 72.0 Å². The Balaban J connectivity index is 2.41. The van der Waals surface area contributed by atoms with Gasteiger partial charge in [-0.1, -0.05) is 36.4 Å². The summed E-state index contributed by atoms with van der Waals surface area (Å²) in [5.41, 5.74) is 3.31. The van der Waals surface area contributed by atoms with Gasteiger partial charge in [0.15, 0.2) is 0 Å². The summed E-state index contributed by atoms with van der Waals surface area (Å²) in [6.45, 7) is 0. The van der Waals surface area contributed by atoms with Gasteiger partial charge in [0.2, 0.25) is 5.71 Å². The van der Waals surface area contributed by atoms with Gasteiger partial charge in [-0.15, -0.1) is 0 Å². The van der Waals surface area contributed by atoms with Gasteiger partial charge in [-0.2, -0.15) is 15.6 Å². The number of fused-ring (bicyclic) bond motifs is 1. The molecule has 4 heteroatoms. The second-order valence-corrected chi connectivity index (χ2v) is 3.32. The number of hydrazone groups is 1. The highest BCUT2D eigenvalue weighted by atomic mass is 15.3. The summed E-state index contributed by atoms with van der Waals surface area (Å²) in [4.78, 5) is 0. The summed E-state index contributed by atoms with van der Waals surface area (Å²) < 4.78 is 0. The fourth-order valence-corrected chi connectivity index (χ4v) is 1.51. The van der Waals surface area contributed by atoms with E-state index in [1.165, 1.54) is 0 Å². The molecule has 0 aliphatic rings. The van der Waals surface area contributed by atoms with E-state index in [9.17, 15) is 0 Å². The number of benzene rings is 2. The zero-order chi connectivity index (χ0) is 12.1. The first-order valence-electron chi connectivity index (χ1n) is 4.97. The van der Waals surface area contributed by atoms with E-state index in [2.05, 4.69) is 10.5 Å². The first kappa shape index (κ1) is 10.7. The van der Waals surface area contributed by atoms with Crippen LogP contribution in [0, 0.1) is 22.7 Å². The largest absolute Gasteiger partial charge is 0.276 e. The molecule has 0 spiro atoms. The van der Waals surface area contributed by atoms with E-state index in [1.807, 2.05) is 42.5 Å². The van der Waals surface area contributed by atoms with Crippen molar-refractivity contribution < 1.29 is 0 Å². The first-order valence-corrected chi connectivity index (χ1v) is 4.97. The lowest BCUT2D eigenvalue weighted by molar-refractivity contribution is 1.35. The molecule has 0 atom stereocenters. The molecule has 2 aromatic rings. The van der Waals surface area contributed by atoms with E-state index < -0.39 is 0 Å². The monoisotopic (exact) mass is 220 g/mol. The van der Waals surface area contributed by atoms with Gasteiger partial charge in [-0.3, -0.25) is 5.43 Å². The highest BCUT2D eigenvalue weighted by molar-refractivity contribution is 6.10. The van der Waals surface area contributed by atoms with E-state index >= 15 is 0 Å². The molecule has 80 valence electrons. The normalized spacial score (nSPS) is 9.06. The first-order chi connectivity index (χ1) is 8.35. The number of hydrogen-bond donors (Lipinski definition) is 1. The van der Waals surface area contributed by atoms with Crippen molar-refractivity contribution in [1.82, 2.24) is 0 Å². The molecule has 0 saturated carbocycles. The van der Waals surface area contributed by atoms with Crippen molar-refractivity contribution in [3.63, 3.8) is 0 Å². The van der Waals surface area contributed by atoms with Gasteiger partial charge in [0.25, 0.3) is 0 Å². The number of anilines is 1. The summed E-state index contributed by atoms with van der Waals surface area (Å²) in [5.74, 6) is 0. The molecular formula is C13H8N4. The Bertz CT molecular complexity index is 638. The van der Waals surface area contributed by atoms with Gasteiger partial charge in [-0.25, -0.2) is 0 Å². The molecule has 0 aliphatic carbocycles. The number of nitrogens with zero attached hydrogens (tertiary/aromatic N) is 3. The number of nitriles is 2. The van der Waals surface area contributed by atoms with Crippen molar-refractivity contribution in [1.29, 1.82) is 10.5 Å². The molecule has 0 bridgehead atoms. The molecule has 0 amide bonds. The minimum absolute atomic E-state index is 0.196. The molecule has 0 unspecified atom stereocenters. The van der Waals surface area contributed by atoms with E-state index in [4.69, 9.17) is 10.5 Å². The van der Waals surface area contributed by atoms with Gasteiger partial charge in [0, 0.05) is 5.39 Å². The van der Waals surface area contributed by atoms with Gasteiger partial charge in [-0.05, 0) is 11.5 Å². The summed E-state index contributed by atoms with van der Waals surface area (Å²) >= 11 is 0. The van der Waals surface area contributed by atoms with Crippen molar-refractivity contribution in [2.45, 2.75) is 0 Å². The lowest BCUT2D eigenvalue weighted by Gasteiger charge is -2.04. The zero-order valence-corrected chi connectivity index (χ0v) is 8.88. The molecular weight excluding hydrogens is 212 g/mol. The van der Waals surface area contributed by atoms with E-state index in [-0.39, 0.29) is 5.71 Å². The average molecular weight is 220 g/mol. The molecule has 0 radical (unpaired) electrons. The fourth-order valence-electron chi connectivity index (χ4n) is 1.51. The smallest absolute Gasteiger partial charge is 0.237 e. The highest BCUT2D eigenvalue weighted by Gasteiger charge is 1.99. The summed E-state index contributed by atoms with van der Waals surface area (Å²) in [6.07, 6.45) is 0. The standard InChI is InChI=1S/C13H8N4/c14-8-11(9-15)16-17-13-7-3-5-10-4-1-2-6-12(10)13/h1-7,17H. The predicted molar refractivity (Wildman–Crippen MR) is 66.2 cm³/mol. The predicted octanol–water partition coefficient (Wildman–Crippen LogP) is 2.65. The van der Waals surface area contributed by atoms with E-state index in [0.29, 0.717) is 0 Å². The maximum atomic E-state index is 8.57. The Morgan fingerprint density at radius 3 is 2.47 bits per heavy atom. The van der Waals surface area contributed by atoms with Crippen LogP contribution in [0.4, 0.5) is 5.69 Å². The fraction of sp³-hybridized carbons (Fsp3) is 0. The van der Waals surface area contributed by atoms with E-state index in [1.54, 1.807) is 12.1 Å². The number of nitrogens with one attached hydrogen (secondary N) is 1. The highest BCUT2D eigenvalue weighted by Crippen LogP contribution is 2.22. The third-order valence-electron chi connectivity index (χ3n) is 2.29. The summed E-state index contributed by atoms with van der Waals surface area (Å²) in [6, 6.07) is 16.9. The molecule has 17 heavy (non-hydrogen) atoms. The Morgan fingerprint density at radius 2 is 1.71 bits per heavy atom. The average Bonchev–Trinajstić information content (AvgIpc) is 2.40. The molecule has 2 rings (SSSR count). The Hall–Kier alpha value is -2.85. The third-order valence-corrected chi connectivity index (χ3v) is 2.29. The third kappa shape index (κ3) is 2.22. The zero-order valence-electron chi connectivity index (χ0n) is 8.88. The number of hydrogen-bond acceptors (Lipinski definition) is 4. The quantitative estimate of drug-likeness (QED) is 0.624. The van der Waals surface area contributed by atoms with Crippen LogP contribution >= 0.6 is 0 Å². The molecule has 1 N–H and O–H groups in total. The molecule has 0 aromatic heterocycles. The van der Waals surface area contributed by atoms with Crippen LogP contribution in [-0.2, 0) is 0 Å². The van der Waals surface area contributed by atoms with Gasteiger partial charge in [0.1, 0.15) is 12.1 Å². The maximum Gasteiger partial charge on any atom is 0.237 e. The van der Waals surface area contributed by atoms with Crippen LogP contribution in [0.25, 0.3) is 10.8 Å². The molecule has 4 nitrogen and oxygen atoms in total. The molecule has 0 saturated heterocycles. The van der Waals surface area contributed by atoms with Crippen molar-refractivity contribution >= 4 is 22.2 Å². The van der Waals surface area contributed by atoms with Crippen LogP contribution in [0.3, 0.4) is 0 Å². The Labute approximate surface area is 98.4 Å². The second-order valence-electron chi connectivity index (χ2n) is 3.32. The maximum absolute atomic E-state index is 8.57. The SMILES string of the molecule is N#CC(C#N)=NNc1cccc2ccccc12. The Kier molecular flexibility index (Phi) is 3.00. The van der Waals surface area contributed by atoms with Gasteiger partial charge in [0.05, 0.1) is 5.69 Å². The molecule has 0 heterocycles. The molecule has 0 aliphatic heterocycles. The van der Waals surface area contributed by atoms with Gasteiger partial charge >= 0.3 is 0 Å². The Morgan fingerprint density at radius 1 is 1.00 bits per heavy atom. The van der Waals surface area contributed by atoms with Crippen molar-refractivity contribution in [2.75, 3.05) is 5.43 Å². The lowest BCUT2D eigenvalue weighted by Crippen LogP contribution is -1.96. The van der Waals surface area contributed by atoms with Gasteiger partial charge < -0.3 is 0 Å². The molecule has 2 aromatic carbocycles.